The molecule has 0 aromatic rings. The Morgan fingerprint density at radius 2 is 1.68 bits per heavy atom. The molecule has 1 heteroatoms. The molecule has 0 aromatic carbocycles. The van der Waals surface area contributed by atoms with Crippen molar-refractivity contribution < 1.29 is 4.74 Å². The lowest BCUT2D eigenvalue weighted by atomic mass is 9.84. The Labute approximate surface area is 120 Å². The molecule has 3 atom stereocenters. The van der Waals surface area contributed by atoms with Crippen molar-refractivity contribution in [2.24, 2.45) is 5.92 Å². The highest BCUT2D eigenvalue weighted by Crippen LogP contribution is 2.32. The molecule has 1 rings (SSSR count). The topological polar surface area (TPSA) is 9.23 Å². The molecule has 0 amide bonds. The van der Waals surface area contributed by atoms with Crippen LogP contribution in [0.2, 0.25) is 0 Å². The Kier molecular flexibility index (Phi) is 8.45. The molecule has 1 fully saturated rings. The maximum absolute atomic E-state index is 6.14. The summed E-state index contributed by atoms with van der Waals surface area (Å²) in [6.07, 6.45) is 14.3. The van der Waals surface area contributed by atoms with Crippen LogP contribution in [0.5, 0.6) is 0 Å². The zero-order valence-corrected chi connectivity index (χ0v) is 13.4. The molecule has 1 nitrogen and oxygen atoms in total. The second kappa shape index (κ2) is 9.58. The summed E-state index contributed by atoms with van der Waals surface area (Å²) in [6.45, 7) is 10.8. The quantitative estimate of drug-likeness (QED) is 0.373. The van der Waals surface area contributed by atoms with E-state index in [0.29, 0.717) is 18.1 Å². The minimum Gasteiger partial charge on any atom is -0.375 e. The molecule has 19 heavy (non-hydrogen) atoms. The van der Waals surface area contributed by atoms with Crippen LogP contribution >= 0.6 is 0 Å². The van der Waals surface area contributed by atoms with Crippen LogP contribution in [0.1, 0.15) is 85.0 Å². The van der Waals surface area contributed by atoms with Gasteiger partial charge in [-0.15, -0.1) is 0 Å². The van der Waals surface area contributed by atoms with Crippen LogP contribution in [0.3, 0.4) is 0 Å². The van der Waals surface area contributed by atoms with Gasteiger partial charge < -0.3 is 4.74 Å². The van der Waals surface area contributed by atoms with Crippen LogP contribution in [0.15, 0.2) is 12.2 Å². The van der Waals surface area contributed by atoms with E-state index in [0.717, 1.165) is 0 Å². The summed E-state index contributed by atoms with van der Waals surface area (Å²) in [5.74, 6) is 0.608. The second-order valence-corrected chi connectivity index (χ2v) is 6.43. The highest BCUT2D eigenvalue weighted by Gasteiger charge is 2.29. The zero-order valence-electron chi connectivity index (χ0n) is 13.4. The van der Waals surface area contributed by atoms with Gasteiger partial charge in [0.25, 0.3) is 0 Å². The van der Waals surface area contributed by atoms with Crippen LogP contribution in [0.4, 0.5) is 0 Å². The first-order valence-corrected chi connectivity index (χ1v) is 8.46. The van der Waals surface area contributed by atoms with Gasteiger partial charge in [0.15, 0.2) is 0 Å². The van der Waals surface area contributed by atoms with Crippen molar-refractivity contribution in [3.05, 3.63) is 12.2 Å². The first-order chi connectivity index (χ1) is 9.15. The van der Waals surface area contributed by atoms with Crippen molar-refractivity contribution in [1.29, 1.82) is 0 Å². The van der Waals surface area contributed by atoms with E-state index in [2.05, 4.69) is 27.4 Å². The number of unbranched alkanes of at least 4 members (excludes halogenated alkanes) is 6. The summed E-state index contributed by atoms with van der Waals surface area (Å²) in [5.41, 5.74) is 1.32. The first kappa shape index (κ1) is 16.8. The molecule has 0 spiro atoms. The van der Waals surface area contributed by atoms with E-state index in [9.17, 15) is 0 Å². The molecule has 1 aliphatic heterocycles. The van der Waals surface area contributed by atoms with E-state index < -0.39 is 0 Å². The van der Waals surface area contributed by atoms with Gasteiger partial charge in [0.05, 0.1) is 12.2 Å². The lowest BCUT2D eigenvalue weighted by Crippen LogP contribution is -2.34. The Hall–Kier alpha value is -0.300. The van der Waals surface area contributed by atoms with Crippen molar-refractivity contribution in [3.63, 3.8) is 0 Å². The lowest BCUT2D eigenvalue weighted by molar-refractivity contribution is -0.0691. The molecule has 3 unspecified atom stereocenters. The molecular formula is C18H34O. The third-order valence-electron chi connectivity index (χ3n) is 4.47. The van der Waals surface area contributed by atoms with Gasteiger partial charge in [-0.25, -0.2) is 0 Å². The third-order valence-corrected chi connectivity index (χ3v) is 4.47. The average molecular weight is 266 g/mol. The van der Waals surface area contributed by atoms with Crippen LogP contribution in [0.25, 0.3) is 0 Å². The third kappa shape index (κ3) is 6.61. The fraction of sp³-hybridized carbons (Fsp3) is 0.889. The van der Waals surface area contributed by atoms with Gasteiger partial charge >= 0.3 is 0 Å². The predicted octanol–water partition coefficient (Wildman–Crippen LogP) is 5.89. The van der Waals surface area contributed by atoms with Gasteiger partial charge in [-0.2, -0.15) is 0 Å². The number of ether oxygens (including phenoxy) is 1. The summed E-state index contributed by atoms with van der Waals surface area (Å²) in [7, 11) is 0. The van der Waals surface area contributed by atoms with Gasteiger partial charge in [0.2, 0.25) is 0 Å². The van der Waals surface area contributed by atoms with Crippen molar-refractivity contribution in [3.8, 4) is 0 Å². The molecule has 0 aliphatic carbocycles. The largest absolute Gasteiger partial charge is 0.375 e. The summed E-state index contributed by atoms with van der Waals surface area (Å²) in [5, 5.41) is 0. The summed E-state index contributed by atoms with van der Waals surface area (Å²) >= 11 is 0. The van der Waals surface area contributed by atoms with Crippen molar-refractivity contribution in [2.45, 2.75) is 97.2 Å². The van der Waals surface area contributed by atoms with Gasteiger partial charge in [-0.1, -0.05) is 64.0 Å². The van der Waals surface area contributed by atoms with Crippen LogP contribution in [-0.4, -0.2) is 12.2 Å². The van der Waals surface area contributed by atoms with Gasteiger partial charge in [-0.3, -0.25) is 0 Å². The van der Waals surface area contributed by atoms with Crippen molar-refractivity contribution >= 4 is 0 Å². The predicted molar refractivity (Wildman–Crippen MR) is 84.5 cm³/mol. The Bertz CT molecular complexity index is 246. The van der Waals surface area contributed by atoms with Crippen LogP contribution in [0, 0.1) is 5.92 Å². The fourth-order valence-corrected chi connectivity index (χ4v) is 3.20. The summed E-state index contributed by atoms with van der Waals surface area (Å²) < 4.78 is 6.14. The summed E-state index contributed by atoms with van der Waals surface area (Å²) in [6, 6.07) is 0. The Morgan fingerprint density at radius 3 is 2.32 bits per heavy atom. The first-order valence-electron chi connectivity index (χ1n) is 8.46. The molecular weight excluding hydrogens is 232 g/mol. The SMILES string of the molecule is C=C(C)C1CCC(C)OC1CCCCCCCCC. The van der Waals surface area contributed by atoms with Gasteiger partial charge in [-0.05, 0) is 33.1 Å². The van der Waals surface area contributed by atoms with E-state index in [1.54, 1.807) is 0 Å². The molecule has 1 saturated heterocycles. The van der Waals surface area contributed by atoms with Crippen LogP contribution < -0.4 is 0 Å². The molecule has 0 N–H and O–H groups in total. The molecule has 0 aromatic heterocycles. The highest BCUT2D eigenvalue weighted by molar-refractivity contribution is 5.01. The smallest absolute Gasteiger partial charge is 0.0643 e. The standard InChI is InChI=1S/C18H34O/c1-5-6-7-8-9-10-11-12-18-17(15(2)3)14-13-16(4)19-18/h16-18H,2,5-14H2,1,3-4H3. The van der Waals surface area contributed by atoms with Gasteiger partial charge in [0, 0.05) is 5.92 Å². The van der Waals surface area contributed by atoms with Crippen molar-refractivity contribution in [2.75, 3.05) is 0 Å². The molecule has 0 radical (unpaired) electrons. The summed E-state index contributed by atoms with van der Waals surface area (Å²) in [4.78, 5) is 0. The second-order valence-electron chi connectivity index (χ2n) is 6.43. The Morgan fingerprint density at radius 1 is 1.05 bits per heavy atom. The van der Waals surface area contributed by atoms with E-state index in [4.69, 9.17) is 4.74 Å². The molecule has 1 aliphatic rings. The Balaban J connectivity index is 2.16. The van der Waals surface area contributed by atoms with Gasteiger partial charge in [0.1, 0.15) is 0 Å². The maximum Gasteiger partial charge on any atom is 0.0643 e. The monoisotopic (exact) mass is 266 g/mol. The van der Waals surface area contributed by atoms with Crippen LogP contribution in [-0.2, 0) is 4.74 Å². The number of hydrogen-bond donors (Lipinski definition) is 0. The normalized spacial score (nSPS) is 27.4. The van der Waals surface area contributed by atoms with E-state index >= 15 is 0 Å². The molecule has 0 saturated carbocycles. The van der Waals surface area contributed by atoms with Crippen molar-refractivity contribution in [1.82, 2.24) is 0 Å². The lowest BCUT2D eigenvalue weighted by Gasteiger charge is -2.36. The zero-order chi connectivity index (χ0) is 14.1. The highest BCUT2D eigenvalue weighted by atomic mass is 16.5. The number of rotatable bonds is 9. The average Bonchev–Trinajstić information content (AvgIpc) is 2.37. The molecule has 0 bridgehead atoms. The maximum atomic E-state index is 6.14. The molecule has 1 heterocycles. The number of hydrogen-bond acceptors (Lipinski definition) is 1. The fourth-order valence-electron chi connectivity index (χ4n) is 3.20. The minimum atomic E-state index is 0.442. The van der Waals surface area contributed by atoms with E-state index in [1.165, 1.54) is 69.8 Å². The molecule has 112 valence electrons. The van der Waals surface area contributed by atoms with E-state index in [-0.39, 0.29) is 0 Å². The minimum absolute atomic E-state index is 0.442. The van der Waals surface area contributed by atoms with E-state index in [1.807, 2.05) is 0 Å².